The number of carbonyl (C=O) groups is 2. The molecular weight excluding hydrogens is 561 g/mol. The Balaban J connectivity index is 1.20. The van der Waals surface area contributed by atoms with E-state index < -0.39 is 18.3 Å². The Hall–Kier alpha value is -3.18. The van der Waals surface area contributed by atoms with Gasteiger partial charge < -0.3 is 0 Å². The van der Waals surface area contributed by atoms with Crippen LogP contribution in [0.15, 0.2) is 78.9 Å². The van der Waals surface area contributed by atoms with E-state index in [-0.39, 0.29) is 49.3 Å². The highest BCUT2D eigenvalue weighted by Gasteiger charge is 2.48. The van der Waals surface area contributed by atoms with Gasteiger partial charge in [0, 0.05) is 39.1 Å². The van der Waals surface area contributed by atoms with Crippen molar-refractivity contribution in [2.75, 3.05) is 19.6 Å². The third-order valence-electron chi connectivity index (χ3n) is 8.64. The molecule has 6 rings (SSSR count). The van der Waals surface area contributed by atoms with Crippen LogP contribution in [0.3, 0.4) is 0 Å². The third-order valence-corrected chi connectivity index (χ3v) is 9.22. The summed E-state index contributed by atoms with van der Waals surface area (Å²) in [4.78, 5) is 29.5. The number of hydrogen-bond donors (Lipinski definition) is 2. The Morgan fingerprint density at radius 1 is 0.929 bits per heavy atom. The Morgan fingerprint density at radius 3 is 2.21 bits per heavy atom. The summed E-state index contributed by atoms with van der Waals surface area (Å²) in [5.41, 5.74) is 4.63. The standard InChI is InChI=1S/C32H33F3N4O2S/c33-32(34,35)27-20-38(29(22-7-3-1-4-8-22)23-9-5-2-6-10-23)16-15-37(27)18-21-11-12-25-24(17-21)19-39(31(25)42)26-13-14-28(40)36-30(26)41/h1-12,17,26-27,29,31,42H,13-16,18-20H2,(H,36,40,41). The first-order valence-electron chi connectivity index (χ1n) is 14.2. The summed E-state index contributed by atoms with van der Waals surface area (Å²) in [5.74, 6) is -0.599. The molecule has 0 radical (unpaired) electrons. The number of benzene rings is 3. The normalized spacial score (nSPS) is 24.2. The second-order valence-corrected chi connectivity index (χ2v) is 11.8. The van der Waals surface area contributed by atoms with Gasteiger partial charge in [-0.25, -0.2) is 0 Å². The van der Waals surface area contributed by atoms with Crippen molar-refractivity contribution in [2.45, 2.75) is 55.6 Å². The summed E-state index contributed by atoms with van der Waals surface area (Å²) in [6, 6.07) is 22.8. The maximum atomic E-state index is 14.6. The van der Waals surface area contributed by atoms with Gasteiger partial charge in [-0.05, 0) is 34.2 Å². The van der Waals surface area contributed by atoms with Crippen LogP contribution >= 0.6 is 12.6 Å². The number of hydrogen-bond acceptors (Lipinski definition) is 6. The monoisotopic (exact) mass is 594 g/mol. The fourth-order valence-corrected chi connectivity index (χ4v) is 7.08. The van der Waals surface area contributed by atoms with Gasteiger partial charge in [-0.3, -0.25) is 29.6 Å². The van der Waals surface area contributed by atoms with Crippen molar-refractivity contribution in [2.24, 2.45) is 0 Å². The lowest BCUT2D eigenvalue weighted by Crippen LogP contribution is -2.59. The highest BCUT2D eigenvalue weighted by molar-refractivity contribution is 7.80. The second kappa shape index (κ2) is 11.8. The summed E-state index contributed by atoms with van der Waals surface area (Å²) < 4.78 is 43.7. The van der Waals surface area contributed by atoms with E-state index >= 15 is 0 Å². The minimum Gasteiger partial charge on any atom is -0.295 e. The Morgan fingerprint density at radius 2 is 1.60 bits per heavy atom. The average molecular weight is 595 g/mol. The first-order chi connectivity index (χ1) is 20.2. The molecule has 10 heteroatoms. The van der Waals surface area contributed by atoms with Crippen molar-refractivity contribution in [3.8, 4) is 0 Å². The van der Waals surface area contributed by atoms with Gasteiger partial charge in [-0.1, -0.05) is 78.9 Å². The quantitative estimate of drug-likeness (QED) is 0.308. The Bertz CT molecular complexity index is 1400. The maximum absolute atomic E-state index is 14.6. The maximum Gasteiger partial charge on any atom is 0.405 e. The van der Waals surface area contributed by atoms with Crippen molar-refractivity contribution >= 4 is 24.4 Å². The SMILES string of the molecule is O=C1CCC(N2Cc3cc(CN4CCN(C(c5ccccc5)c5ccccc5)CC4C(F)(F)F)ccc3C2S)C(=O)N1. The number of imide groups is 1. The van der Waals surface area contributed by atoms with E-state index in [4.69, 9.17) is 12.6 Å². The largest absolute Gasteiger partial charge is 0.405 e. The molecule has 2 saturated heterocycles. The van der Waals surface area contributed by atoms with Crippen LogP contribution in [0.5, 0.6) is 0 Å². The van der Waals surface area contributed by atoms with Gasteiger partial charge in [0.2, 0.25) is 11.8 Å². The number of piperidine rings is 1. The molecule has 3 heterocycles. The molecule has 0 saturated carbocycles. The van der Waals surface area contributed by atoms with Gasteiger partial charge in [0.15, 0.2) is 0 Å². The van der Waals surface area contributed by atoms with Gasteiger partial charge in [-0.2, -0.15) is 25.8 Å². The molecule has 42 heavy (non-hydrogen) atoms. The third kappa shape index (κ3) is 5.86. The molecule has 3 aromatic carbocycles. The number of thiol groups is 1. The molecule has 6 nitrogen and oxygen atoms in total. The minimum absolute atomic E-state index is 0.134. The average Bonchev–Trinajstić information content (AvgIpc) is 3.29. The lowest BCUT2D eigenvalue weighted by atomic mass is 9.95. The number of halogens is 3. The summed E-state index contributed by atoms with van der Waals surface area (Å²) in [5, 5.41) is 2.08. The first kappa shape index (κ1) is 28.9. The van der Waals surface area contributed by atoms with E-state index in [0.29, 0.717) is 19.5 Å². The zero-order valence-electron chi connectivity index (χ0n) is 23.0. The molecule has 0 aromatic heterocycles. The number of alkyl halides is 3. The van der Waals surface area contributed by atoms with Gasteiger partial charge in [-0.15, -0.1) is 0 Å². The Labute approximate surface area is 248 Å². The van der Waals surface area contributed by atoms with Gasteiger partial charge in [0.05, 0.1) is 17.5 Å². The van der Waals surface area contributed by atoms with Crippen LogP contribution in [0.4, 0.5) is 13.2 Å². The molecule has 1 N–H and O–H groups in total. The number of nitrogens with one attached hydrogen (secondary N) is 1. The lowest BCUT2D eigenvalue weighted by Gasteiger charge is -2.45. The molecule has 220 valence electrons. The molecule has 2 fully saturated rings. The summed E-state index contributed by atoms with van der Waals surface area (Å²) in [6.45, 7) is 1.26. The van der Waals surface area contributed by atoms with Gasteiger partial charge in [0.25, 0.3) is 0 Å². The van der Waals surface area contributed by atoms with Crippen molar-refractivity contribution in [1.29, 1.82) is 0 Å². The number of fused-ring (bicyclic) bond motifs is 1. The lowest BCUT2D eigenvalue weighted by molar-refractivity contribution is -0.200. The van der Waals surface area contributed by atoms with Crippen LogP contribution in [0.25, 0.3) is 0 Å². The number of carbonyl (C=O) groups excluding carboxylic acids is 2. The molecule has 2 amide bonds. The Kier molecular flexibility index (Phi) is 8.15. The van der Waals surface area contributed by atoms with E-state index in [2.05, 4.69) is 5.32 Å². The summed E-state index contributed by atoms with van der Waals surface area (Å²) >= 11 is 4.74. The molecule has 3 unspecified atom stereocenters. The van der Waals surface area contributed by atoms with E-state index in [1.807, 2.05) is 88.7 Å². The topological polar surface area (TPSA) is 55.9 Å². The van der Waals surface area contributed by atoms with Gasteiger partial charge >= 0.3 is 6.18 Å². The highest BCUT2D eigenvalue weighted by atomic mass is 32.1. The number of nitrogens with zero attached hydrogens (tertiary/aromatic N) is 3. The molecule has 3 aromatic rings. The van der Waals surface area contributed by atoms with Crippen molar-refractivity contribution in [3.63, 3.8) is 0 Å². The molecule has 0 spiro atoms. The summed E-state index contributed by atoms with van der Waals surface area (Å²) in [6.07, 6.45) is -3.70. The number of piperazine rings is 1. The molecule has 3 aliphatic heterocycles. The van der Waals surface area contributed by atoms with Crippen molar-refractivity contribution in [1.82, 2.24) is 20.0 Å². The fraction of sp³-hybridized carbons (Fsp3) is 0.375. The fourth-order valence-electron chi connectivity index (χ4n) is 6.58. The highest BCUT2D eigenvalue weighted by Crippen LogP contribution is 2.40. The van der Waals surface area contributed by atoms with Crippen LogP contribution < -0.4 is 5.32 Å². The number of rotatable bonds is 6. The minimum atomic E-state index is -4.40. The van der Waals surface area contributed by atoms with Crippen LogP contribution in [-0.2, 0) is 22.7 Å². The molecular formula is C32H33F3N4O2S. The molecule has 0 bridgehead atoms. The van der Waals surface area contributed by atoms with Crippen LogP contribution in [0.2, 0.25) is 0 Å². The molecule has 3 atom stereocenters. The zero-order chi connectivity index (χ0) is 29.4. The zero-order valence-corrected chi connectivity index (χ0v) is 23.9. The summed E-state index contributed by atoms with van der Waals surface area (Å²) in [7, 11) is 0. The second-order valence-electron chi connectivity index (χ2n) is 11.3. The van der Waals surface area contributed by atoms with Crippen LogP contribution in [-0.4, -0.2) is 64.4 Å². The predicted octanol–water partition coefficient (Wildman–Crippen LogP) is 5.07. The first-order valence-corrected chi connectivity index (χ1v) is 14.7. The van der Waals surface area contributed by atoms with Crippen LogP contribution in [0, 0.1) is 0 Å². The molecule has 0 aliphatic carbocycles. The predicted molar refractivity (Wildman–Crippen MR) is 156 cm³/mol. The van der Waals surface area contributed by atoms with Crippen LogP contribution in [0.1, 0.15) is 52.1 Å². The van der Waals surface area contributed by atoms with Gasteiger partial charge in [0.1, 0.15) is 6.04 Å². The van der Waals surface area contributed by atoms with E-state index in [1.165, 1.54) is 4.90 Å². The van der Waals surface area contributed by atoms with E-state index in [9.17, 15) is 22.8 Å². The smallest absolute Gasteiger partial charge is 0.295 e. The molecule has 3 aliphatic rings. The van der Waals surface area contributed by atoms with Crippen molar-refractivity contribution in [3.05, 3.63) is 107 Å². The van der Waals surface area contributed by atoms with Crippen molar-refractivity contribution < 1.29 is 22.8 Å². The number of amides is 2. The van der Waals surface area contributed by atoms with E-state index in [1.54, 1.807) is 0 Å². The van der Waals surface area contributed by atoms with E-state index in [0.717, 1.165) is 27.8 Å².